The van der Waals surface area contributed by atoms with Gasteiger partial charge < -0.3 is 18.7 Å². The van der Waals surface area contributed by atoms with E-state index in [-0.39, 0.29) is 12.3 Å². The summed E-state index contributed by atoms with van der Waals surface area (Å²) in [6, 6.07) is 56.2. The van der Waals surface area contributed by atoms with Crippen LogP contribution in [0.3, 0.4) is 0 Å². The van der Waals surface area contributed by atoms with Crippen LogP contribution in [0.25, 0.3) is 49.6 Å². The van der Waals surface area contributed by atoms with Gasteiger partial charge in [-0.05, 0) is 126 Å². The van der Waals surface area contributed by atoms with Crippen LogP contribution >= 0.6 is 0 Å². The van der Waals surface area contributed by atoms with Crippen molar-refractivity contribution in [2.24, 2.45) is 0 Å². The van der Waals surface area contributed by atoms with E-state index in [1.54, 1.807) is 0 Å². The lowest BCUT2D eigenvalue weighted by atomic mass is 9.46. The Morgan fingerprint density at radius 3 is 2.08 bits per heavy atom. The molecule has 4 heterocycles. The van der Waals surface area contributed by atoms with Crippen molar-refractivity contribution < 1.29 is 4.42 Å². The molecule has 0 N–H and O–H groups in total. The Morgan fingerprint density at radius 1 is 0.661 bits per heavy atom. The zero-order valence-corrected chi connectivity index (χ0v) is 34.6. The molecule has 288 valence electrons. The third-order valence-corrected chi connectivity index (χ3v) is 12.8. The molecule has 0 spiro atoms. The van der Waals surface area contributed by atoms with Gasteiger partial charge in [-0.3, -0.25) is 0 Å². The van der Waals surface area contributed by atoms with Crippen LogP contribution < -0.4 is 20.8 Å². The number of fused-ring (bicyclic) bond motifs is 10. The van der Waals surface area contributed by atoms with Crippen LogP contribution in [0.2, 0.25) is 0 Å². The monoisotopic (exact) mass is 765 g/mol. The minimum atomic E-state index is -0.186. The Balaban J connectivity index is 1.23. The smallest absolute Gasteiger partial charge is 0.375 e. The number of anilines is 5. The zero-order valence-electron chi connectivity index (χ0n) is 34.6. The lowest BCUT2D eigenvalue weighted by molar-refractivity contribution is 0.590. The normalized spacial score (nSPS) is 13.0. The van der Waals surface area contributed by atoms with Crippen LogP contribution in [0, 0.1) is 6.92 Å². The van der Waals surface area contributed by atoms with Gasteiger partial charge in [0.1, 0.15) is 11.2 Å². The van der Waals surface area contributed by atoms with Gasteiger partial charge in [-0.15, -0.1) is 0 Å². The average Bonchev–Trinajstić information content (AvgIpc) is 3.81. The number of hydrogen-bond donors (Lipinski definition) is 0. The highest BCUT2D eigenvalue weighted by Crippen LogP contribution is 2.49. The quantitative estimate of drug-likeness (QED) is 0.114. The number of benzene rings is 7. The molecule has 9 aromatic rings. The Kier molecular flexibility index (Phi) is 8.20. The summed E-state index contributed by atoms with van der Waals surface area (Å²) in [5.41, 5.74) is 19.0. The molecular formula is C54H48BN3O. The third kappa shape index (κ3) is 5.51. The van der Waals surface area contributed by atoms with E-state index in [9.17, 15) is 0 Å². The molecule has 2 aromatic heterocycles. The number of para-hydroxylation sites is 3. The number of hydrogen-bond acceptors (Lipinski definition) is 3. The number of aryl methyl sites for hydroxylation is 2. The minimum absolute atomic E-state index is 0.0114. The van der Waals surface area contributed by atoms with E-state index in [1.165, 1.54) is 80.0 Å². The summed E-state index contributed by atoms with van der Waals surface area (Å²) in [6.07, 6.45) is 4.78. The van der Waals surface area contributed by atoms with Crippen LogP contribution in [0.5, 0.6) is 0 Å². The molecule has 59 heavy (non-hydrogen) atoms. The highest BCUT2D eigenvalue weighted by molar-refractivity contribution is 6.93. The van der Waals surface area contributed by atoms with Gasteiger partial charge in [0.25, 0.3) is 0 Å². The van der Waals surface area contributed by atoms with Gasteiger partial charge in [-0.1, -0.05) is 119 Å². The van der Waals surface area contributed by atoms with Crippen molar-refractivity contribution in [2.45, 2.75) is 65.7 Å². The lowest BCUT2D eigenvalue weighted by Gasteiger charge is -2.41. The molecule has 0 fully saturated rings. The highest BCUT2D eigenvalue weighted by atomic mass is 16.3. The van der Waals surface area contributed by atoms with Crippen molar-refractivity contribution in [3.63, 3.8) is 0 Å². The second-order valence-electron chi connectivity index (χ2n) is 17.6. The first-order valence-electron chi connectivity index (χ1n) is 21.4. The van der Waals surface area contributed by atoms with E-state index in [0.717, 1.165) is 51.5 Å². The Labute approximate surface area is 347 Å². The number of aromatic nitrogens is 1. The summed E-state index contributed by atoms with van der Waals surface area (Å²) < 4.78 is 9.80. The molecule has 4 nitrogen and oxygen atoms in total. The predicted molar refractivity (Wildman–Crippen MR) is 251 cm³/mol. The number of unbranched alkanes of at least 4 members (excludes halogenated alkanes) is 2. The SMILES string of the molecule is CCCCCc1ccc(N2B3c4oc5ccc(C(C)(C)C)cc5c4-n4c5ccccc5c5c(C)cc(c3c54)-c3cc(N(c4ccccc4)c4ccccc4)ccc32)cc1. The molecule has 0 unspecified atom stereocenters. The molecule has 0 atom stereocenters. The van der Waals surface area contributed by atoms with Crippen LogP contribution in [0.15, 0.2) is 156 Å². The van der Waals surface area contributed by atoms with Gasteiger partial charge in [0, 0.05) is 50.2 Å². The van der Waals surface area contributed by atoms with Gasteiger partial charge >= 0.3 is 6.85 Å². The maximum Gasteiger partial charge on any atom is 0.375 e. The van der Waals surface area contributed by atoms with E-state index < -0.39 is 0 Å². The van der Waals surface area contributed by atoms with E-state index in [2.05, 4.69) is 201 Å². The molecule has 0 saturated carbocycles. The lowest BCUT2D eigenvalue weighted by Crippen LogP contribution is -2.60. The Bertz CT molecular complexity index is 3020. The molecule has 2 aliphatic heterocycles. The minimum Gasteiger partial charge on any atom is -0.466 e. The molecule has 5 heteroatoms. The van der Waals surface area contributed by atoms with Gasteiger partial charge in [0.15, 0.2) is 0 Å². The van der Waals surface area contributed by atoms with Gasteiger partial charge in [0.2, 0.25) is 0 Å². The van der Waals surface area contributed by atoms with Crippen molar-refractivity contribution in [3.05, 3.63) is 168 Å². The topological polar surface area (TPSA) is 24.6 Å². The van der Waals surface area contributed by atoms with Crippen LogP contribution in [-0.2, 0) is 11.8 Å². The van der Waals surface area contributed by atoms with Crippen molar-refractivity contribution in [2.75, 3.05) is 9.71 Å². The predicted octanol–water partition coefficient (Wildman–Crippen LogP) is 13.6. The Morgan fingerprint density at radius 2 is 1.37 bits per heavy atom. The van der Waals surface area contributed by atoms with Crippen LogP contribution in [0.4, 0.5) is 28.4 Å². The highest BCUT2D eigenvalue weighted by Gasteiger charge is 2.47. The van der Waals surface area contributed by atoms with Crippen molar-refractivity contribution in [1.29, 1.82) is 0 Å². The van der Waals surface area contributed by atoms with Crippen LogP contribution in [0.1, 0.15) is 63.6 Å². The second kappa shape index (κ2) is 13.6. The largest absolute Gasteiger partial charge is 0.466 e. The molecule has 0 bridgehead atoms. The van der Waals surface area contributed by atoms with Crippen molar-refractivity contribution in [3.8, 4) is 16.8 Å². The summed E-state index contributed by atoms with van der Waals surface area (Å²) in [5.74, 6) is 0. The maximum absolute atomic E-state index is 7.25. The standard InChI is InChI=1S/C54H48BN3O/c1-6-7-10-17-36-24-27-40(28-25-36)58-47-30-29-41(56(38-18-11-8-12-19-38)39-20-13-9-14-21-39)34-43(47)44-32-35(2)49-42-22-15-16-23-46(42)57-51-45-33-37(54(3,4)5)26-31-48(45)59-53(51)55(58)50(44)52(49)57/h8-9,11-16,18-34H,6-7,10,17H2,1-5H3. The number of nitrogens with zero attached hydrogens (tertiary/aromatic N) is 3. The van der Waals surface area contributed by atoms with Gasteiger partial charge in [-0.2, -0.15) is 0 Å². The fraction of sp³-hybridized carbons (Fsp3) is 0.185. The van der Waals surface area contributed by atoms with E-state index in [0.29, 0.717) is 0 Å². The van der Waals surface area contributed by atoms with Gasteiger partial charge in [-0.25, -0.2) is 0 Å². The Hall–Kier alpha value is -6.46. The first-order valence-corrected chi connectivity index (χ1v) is 21.4. The first kappa shape index (κ1) is 35.7. The molecule has 0 saturated heterocycles. The molecule has 0 aliphatic carbocycles. The van der Waals surface area contributed by atoms with Crippen molar-refractivity contribution in [1.82, 2.24) is 4.57 Å². The van der Waals surface area contributed by atoms with Gasteiger partial charge in [0.05, 0.1) is 16.7 Å². The van der Waals surface area contributed by atoms with Crippen molar-refractivity contribution >= 4 is 79.2 Å². The van der Waals surface area contributed by atoms with E-state index in [4.69, 9.17) is 4.42 Å². The summed E-state index contributed by atoms with van der Waals surface area (Å²) in [7, 11) is 0. The molecular weight excluding hydrogens is 717 g/mol. The number of rotatable bonds is 8. The second-order valence-corrected chi connectivity index (χ2v) is 17.6. The fourth-order valence-electron chi connectivity index (χ4n) is 10.0. The summed E-state index contributed by atoms with van der Waals surface area (Å²) in [6.45, 7) is 11.3. The molecule has 2 aliphatic rings. The number of furan rings is 1. The van der Waals surface area contributed by atoms with Crippen LogP contribution in [-0.4, -0.2) is 11.4 Å². The first-order chi connectivity index (χ1) is 28.8. The zero-order chi connectivity index (χ0) is 40.0. The van der Waals surface area contributed by atoms with E-state index in [1.807, 2.05) is 0 Å². The third-order valence-electron chi connectivity index (χ3n) is 12.8. The average molecular weight is 766 g/mol. The summed E-state index contributed by atoms with van der Waals surface area (Å²) >= 11 is 0. The molecule has 0 radical (unpaired) electrons. The summed E-state index contributed by atoms with van der Waals surface area (Å²) in [5, 5.41) is 3.76. The molecule has 0 amide bonds. The maximum atomic E-state index is 7.25. The van der Waals surface area contributed by atoms with E-state index >= 15 is 0 Å². The molecule has 11 rings (SSSR count). The summed E-state index contributed by atoms with van der Waals surface area (Å²) in [4.78, 5) is 4.95. The fourth-order valence-corrected chi connectivity index (χ4v) is 10.0. The molecule has 7 aromatic carbocycles.